The van der Waals surface area contributed by atoms with Crippen molar-refractivity contribution in [3.63, 3.8) is 0 Å². The molecule has 0 bridgehead atoms. The van der Waals surface area contributed by atoms with Crippen LogP contribution in [0, 0.1) is 23.0 Å². The zero-order valence-electron chi connectivity index (χ0n) is 10.8. The number of rotatable bonds is 4. The van der Waals surface area contributed by atoms with E-state index in [4.69, 9.17) is 0 Å². The Labute approximate surface area is 108 Å². The fourth-order valence-corrected chi connectivity index (χ4v) is 2.62. The molecule has 0 aromatic heterocycles. The van der Waals surface area contributed by atoms with E-state index in [0.29, 0.717) is 5.56 Å². The molecule has 0 saturated heterocycles. The molecule has 1 fully saturated rings. The maximum absolute atomic E-state index is 10.7. The predicted octanol–water partition coefficient (Wildman–Crippen LogP) is 3.90. The minimum Gasteiger partial charge on any atom is -0.385 e. The normalized spacial score (nSPS) is 16.5. The van der Waals surface area contributed by atoms with Gasteiger partial charge < -0.3 is 5.32 Å². The molecule has 0 atom stereocenters. The Morgan fingerprint density at radius 1 is 1.33 bits per heavy atom. The number of nitrogens with one attached hydrogen (secondary N) is 1. The van der Waals surface area contributed by atoms with Crippen LogP contribution in [0.25, 0.3) is 0 Å². The highest BCUT2D eigenvalue weighted by Crippen LogP contribution is 2.25. The van der Waals surface area contributed by atoms with Gasteiger partial charge >= 0.3 is 0 Å². The predicted molar refractivity (Wildman–Crippen MR) is 72.9 cm³/mol. The molecule has 1 saturated carbocycles. The van der Waals surface area contributed by atoms with Crippen molar-refractivity contribution in [2.75, 3.05) is 11.9 Å². The molecule has 1 aliphatic rings. The van der Waals surface area contributed by atoms with E-state index >= 15 is 0 Å². The lowest BCUT2D eigenvalue weighted by Gasteiger charge is -2.22. The highest BCUT2D eigenvalue weighted by molar-refractivity contribution is 5.53. The van der Waals surface area contributed by atoms with Crippen molar-refractivity contribution in [1.82, 2.24) is 0 Å². The monoisotopic (exact) mass is 248 g/mol. The van der Waals surface area contributed by atoms with E-state index in [1.54, 1.807) is 19.1 Å². The molecule has 0 radical (unpaired) electrons. The molecule has 0 amide bonds. The van der Waals surface area contributed by atoms with Crippen LogP contribution in [0.15, 0.2) is 18.2 Å². The first-order valence-corrected chi connectivity index (χ1v) is 6.66. The summed E-state index contributed by atoms with van der Waals surface area (Å²) < 4.78 is 0. The van der Waals surface area contributed by atoms with E-state index in [9.17, 15) is 10.1 Å². The Hall–Kier alpha value is -1.58. The average molecular weight is 248 g/mol. The van der Waals surface area contributed by atoms with Gasteiger partial charge in [0.05, 0.1) is 4.92 Å². The van der Waals surface area contributed by atoms with Crippen LogP contribution in [0.3, 0.4) is 0 Å². The van der Waals surface area contributed by atoms with Gasteiger partial charge in [-0.3, -0.25) is 10.1 Å². The molecule has 1 aliphatic carbocycles. The lowest BCUT2D eigenvalue weighted by molar-refractivity contribution is -0.385. The SMILES string of the molecule is Cc1cc(NCC2CCCCC2)ccc1[N+](=O)[O-]. The van der Waals surface area contributed by atoms with Crippen LogP contribution in [0.5, 0.6) is 0 Å². The van der Waals surface area contributed by atoms with Crippen LogP contribution < -0.4 is 5.32 Å². The Balaban J connectivity index is 1.93. The molecule has 1 aromatic carbocycles. The summed E-state index contributed by atoms with van der Waals surface area (Å²) in [5.74, 6) is 0.759. The molecule has 0 aliphatic heterocycles. The van der Waals surface area contributed by atoms with Crippen LogP contribution >= 0.6 is 0 Å². The van der Waals surface area contributed by atoms with Crippen molar-refractivity contribution >= 4 is 11.4 Å². The third kappa shape index (κ3) is 3.22. The number of anilines is 1. The summed E-state index contributed by atoms with van der Waals surface area (Å²) in [6.45, 7) is 2.77. The highest BCUT2D eigenvalue weighted by atomic mass is 16.6. The molecule has 0 spiro atoms. The summed E-state index contributed by atoms with van der Waals surface area (Å²) >= 11 is 0. The van der Waals surface area contributed by atoms with Crippen molar-refractivity contribution in [2.24, 2.45) is 5.92 Å². The van der Waals surface area contributed by atoms with Gasteiger partial charge in [0, 0.05) is 23.9 Å². The molecule has 98 valence electrons. The van der Waals surface area contributed by atoms with E-state index in [-0.39, 0.29) is 10.6 Å². The van der Waals surface area contributed by atoms with Crippen LogP contribution in [-0.2, 0) is 0 Å². The molecule has 1 N–H and O–H groups in total. The molecule has 1 aromatic rings. The zero-order chi connectivity index (χ0) is 13.0. The average Bonchev–Trinajstić information content (AvgIpc) is 2.37. The van der Waals surface area contributed by atoms with Gasteiger partial charge in [-0.05, 0) is 37.8 Å². The van der Waals surface area contributed by atoms with Gasteiger partial charge in [-0.25, -0.2) is 0 Å². The van der Waals surface area contributed by atoms with E-state index in [2.05, 4.69) is 5.32 Å². The second-order valence-electron chi connectivity index (χ2n) is 5.14. The van der Waals surface area contributed by atoms with Crippen LogP contribution in [0.2, 0.25) is 0 Å². The summed E-state index contributed by atoms with van der Waals surface area (Å²) in [5.41, 5.74) is 1.90. The zero-order valence-corrected chi connectivity index (χ0v) is 10.8. The van der Waals surface area contributed by atoms with Gasteiger partial charge in [0.25, 0.3) is 5.69 Å². The number of hydrogen-bond acceptors (Lipinski definition) is 3. The number of nitrogens with zero attached hydrogens (tertiary/aromatic N) is 1. The van der Waals surface area contributed by atoms with Crippen LogP contribution in [0.1, 0.15) is 37.7 Å². The lowest BCUT2D eigenvalue weighted by atomic mass is 9.89. The first kappa shape index (κ1) is 12.9. The standard InChI is InChI=1S/C14H20N2O2/c1-11-9-13(7-8-14(11)16(17)18)15-10-12-5-3-2-4-6-12/h7-9,12,15H,2-6,10H2,1H3. The quantitative estimate of drug-likeness (QED) is 0.649. The third-order valence-corrected chi connectivity index (χ3v) is 3.71. The Morgan fingerprint density at radius 2 is 2.06 bits per heavy atom. The maximum Gasteiger partial charge on any atom is 0.272 e. The van der Waals surface area contributed by atoms with E-state index in [1.807, 2.05) is 6.07 Å². The van der Waals surface area contributed by atoms with Gasteiger partial charge in [0.1, 0.15) is 0 Å². The topological polar surface area (TPSA) is 55.2 Å². The second kappa shape index (κ2) is 5.85. The first-order chi connectivity index (χ1) is 8.66. The highest BCUT2D eigenvalue weighted by Gasteiger charge is 2.14. The van der Waals surface area contributed by atoms with Crippen molar-refractivity contribution in [2.45, 2.75) is 39.0 Å². The fourth-order valence-electron chi connectivity index (χ4n) is 2.62. The molecule has 4 heteroatoms. The van der Waals surface area contributed by atoms with Crippen LogP contribution in [-0.4, -0.2) is 11.5 Å². The summed E-state index contributed by atoms with van der Waals surface area (Å²) in [6, 6.07) is 5.24. The Morgan fingerprint density at radius 3 is 2.67 bits per heavy atom. The second-order valence-corrected chi connectivity index (χ2v) is 5.14. The fraction of sp³-hybridized carbons (Fsp3) is 0.571. The minimum atomic E-state index is -0.333. The molecule has 0 heterocycles. The third-order valence-electron chi connectivity index (χ3n) is 3.71. The largest absolute Gasteiger partial charge is 0.385 e. The van der Waals surface area contributed by atoms with Crippen molar-refractivity contribution in [1.29, 1.82) is 0 Å². The van der Waals surface area contributed by atoms with Gasteiger partial charge in [0.15, 0.2) is 0 Å². The van der Waals surface area contributed by atoms with Gasteiger partial charge in [-0.2, -0.15) is 0 Å². The number of aryl methyl sites for hydroxylation is 1. The Kier molecular flexibility index (Phi) is 4.18. The number of hydrogen-bond donors (Lipinski definition) is 1. The molecular formula is C14H20N2O2. The van der Waals surface area contributed by atoms with Crippen molar-refractivity contribution in [3.8, 4) is 0 Å². The van der Waals surface area contributed by atoms with E-state index < -0.39 is 0 Å². The van der Waals surface area contributed by atoms with E-state index in [1.165, 1.54) is 32.1 Å². The van der Waals surface area contributed by atoms with Gasteiger partial charge in [-0.1, -0.05) is 19.3 Å². The molecule has 0 unspecified atom stereocenters. The maximum atomic E-state index is 10.7. The van der Waals surface area contributed by atoms with Crippen LogP contribution in [0.4, 0.5) is 11.4 Å². The minimum absolute atomic E-state index is 0.193. The van der Waals surface area contributed by atoms with E-state index in [0.717, 1.165) is 18.2 Å². The first-order valence-electron chi connectivity index (χ1n) is 6.66. The molecule has 2 rings (SSSR count). The summed E-state index contributed by atoms with van der Waals surface area (Å²) in [6.07, 6.45) is 6.66. The summed E-state index contributed by atoms with van der Waals surface area (Å²) in [4.78, 5) is 10.4. The number of nitro groups is 1. The van der Waals surface area contributed by atoms with Crippen molar-refractivity contribution < 1.29 is 4.92 Å². The Bertz CT molecular complexity index is 426. The molecule has 18 heavy (non-hydrogen) atoms. The number of nitro benzene ring substituents is 1. The smallest absolute Gasteiger partial charge is 0.272 e. The van der Waals surface area contributed by atoms with Crippen molar-refractivity contribution in [3.05, 3.63) is 33.9 Å². The number of benzene rings is 1. The summed E-state index contributed by atoms with van der Waals surface area (Å²) in [5, 5.41) is 14.1. The summed E-state index contributed by atoms with van der Waals surface area (Å²) in [7, 11) is 0. The lowest BCUT2D eigenvalue weighted by Crippen LogP contribution is -2.17. The molecular weight excluding hydrogens is 228 g/mol. The van der Waals surface area contributed by atoms with Gasteiger partial charge in [-0.15, -0.1) is 0 Å². The van der Waals surface area contributed by atoms with Gasteiger partial charge in [0.2, 0.25) is 0 Å². The molecule has 4 nitrogen and oxygen atoms in total.